The number of aliphatic carboxylic acids is 1. The second-order valence-electron chi connectivity index (χ2n) is 1.63. The zero-order valence-electron chi connectivity index (χ0n) is 5.07. The molecule has 0 aliphatic carbocycles. The summed E-state index contributed by atoms with van der Waals surface area (Å²) in [4.78, 5) is 20.4. The fraction of sp³-hybridized carbons (Fsp3) is 0.500. The molecule has 0 aromatic rings. The van der Waals surface area contributed by atoms with Crippen LogP contribution in [0.3, 0.4) is 0 Å². The highest BCUT2D eigenvalue weighted by Crippen LogP contribution is 1.99. The van der Waals surface area contributed by atoms with E-state index in [1.165, 1.54) is 0 Å². The largest absolute Gasteiger partial charge is 0.480 e. The van der Waals surface area contributed by atoms with Crippen LogP contribution in [0.5, 0.6) is 0 Å². The molecule has 1 unspecified atom stereocenters. The molecule has 0 rings (SSSR count). The van der Waals surface area contributed by atoms with E-state index in [2.05, 4.69) is 12.6 Å². The van der Waals surface area contributed by atoms with E-state index in [0.29, 0.717) is 0 Å². The van der Waals surface area contributed by atoms with Gasteiger partial charge in [-0.25, -0.2) is 0 Å². The molecule has 0 fully saturated rings. The van der Waals surface area contributed by atoms with E-state index >= 15 is 0 Å². The van der Waals surface area contributed by atoms with Crippen LogP contribution >= 0.6 is 12.6 Å². The van der Waals surface area contributed by atoms with Crippen LogP contribution in [0.15, 0.2) is 0 Å². The van der Waals surface area contributed by atoms with Gasteiger partial charge in [-0.2, -0.15) is 12.6 Å². The maximum atomic E-state index is 10.4. The van der Waals surface area contributed by atoms with Crippen LogP contribution in [0.25, 0.3) is 0 Å². The number of carboxylic acids is 1. The van der Waals surface area contributed by atoms with Gasteiger partial charge in [0.05, 0.1) is 0 Å². The van der Waals surface area contributed by atoms with Gasteiger partial charge in [-0.1, -0.05) is 0 Å². The minimum absolute atomic E-state index is 0.213. The third-order valence-corrected chi connectivity index (χ3v) is 1.23. The van der Waals surface area contributed by atoms with Gasteiger partial charge >= 0.3 is 5.97 Å². The molecule has 1 atom stereocenters. The van der Waals surface area contributed by atoms with Crippen molar-refractivity contribution in [2.45, 2.75) is 11.7 Å². The summed E-state index contributed by atoms with van der Waals surface area (Å²) in [6.45, 7) is 0. The van der Waals surface area contributed by atoms with Gasteiger partial charge in [-0.15, -0.1) is 0 Å². The Morgan fingerprint density at radius 1 is 1.70 bits per heavy atom. The molecule has 0 aliphatic rings. The standard InChI is InChI=1S/C4H6BNO3S/c5-6-3(7)1-2(10)4(8)9/h2,10H,1H2,(H,6,7)(H,8,9). The Bertz CT molecular complexity index is 151. The third-order valence-electron chi connectivity index (χ3n) is 0.825. The lowest BCUT2D eigenvalue weighted by atomic mass is 10.2. The average molecular weight is 159 g/mol. The number of thiol groups is 1. The predicted molar refractivity (Wildman–Crippen MR) is 38.9 cm³/mol. The molecular formula is C4H6BNO3S. The molecule has 0 saturated carbocycles. The fourth-order valence-electron chi connectivity index (χ4n) is 0.322. The number of rotatable bonds is 3. The van der Waals surface area contributed by atoms with Gasteiger partial charge in [-0.3, -0.25) is 9.59 Å². The van der Waals surface area contributed by atoms with E-state index in [1.54, 1.807) is 5.23 Å². The lowest BCUT2D eigenvalue weighted by molar-refractivity contribution is -0.137. The summed E-state index contributed by atoms with van der Waals surface area (Å²) >= 11 is 3.60. The van der Waals surface area contributed by atoms with Crippen LogP contribution in [0.4, 0.5) is 0 Å². The molecule has 2 radical (unpaired) electrons. The monoisotopic (exact) mass is 159 g/mol. The SMILES string of the molecule is [B]NC(=O)CC(S)C(=O)O. The van der Waals surface area contributed by atoms with Gasteiger partial charge in [0.15, 0.2) is 0 Å². The van der Waals surface area contributed by atoms with Crippen molar-refractivity contribution in [2.24, 2.45) is 0 Å². The molecule has 0 spiro atoms. The Morgan fingerprint density at radius 2 is 2.20 bits per heavy atom. The Morgan fingerprint density at radius 3 is 2.50 bits per heavy atom. The van der Waals surface area contributed by atoms with Gasteiger partial charge in [0, 0.05) is 6.42 Å². The first kappa shape index (κ1) is 9.35. The van der Waals surface area contributed by atoms with E-state index in [0.717, 1.165) is 0 Å². The Balaban J connectivity index is 3.68. The molecule has 6 heteroatoms. The van der Waals surface area contributed by atoms with Crippen molar-refractivity contribution in [3.05, 3.63) is 0 Å². The molecule has 0 heterocycles. The lowest BCUT2D eigenvalue weighted by Crippen LogP contribution is -2.26. The van der Waals surface area contributed by atoms with Gasteiger partial charge in [0.2, 0.25) is 13.9 Å². The van der Waals surface area contributed by atoms with Crippen LogP contribution in [0.1, 0.15) is 6.42 Å². The van der Waals surface area contributed by atoms with Gasteiger partial charge in [-0.05, 0) is 0 Å². The summed E-state index contributed by atoms with van der Waals surface area (Å²) in [5, 5.41) is 9.05. The van der Waals surface area contributed by atoms with Gasteiger partial charge in [0.1, 0.15) is 5.25 Å². The Hall–Kier alpha value is -0.645. The number of carboxylic acid groups (broad SMARTS) is 1. The molecule has 10 heavy (non-hydrogen) atoms. The summed E-state index contributed by atoms with van der Waals surface area (Å²) in [5.74, 6) is -1.67. The van der Waals surface area contributed by atoms with Crippen LogP contribution < -0.4 is 5.23 Å². The first-order chi connectivity index (χ1) is 4.57. The fourth-order valence-corrected chi connectivity index (χ4v) is 0.488. The van der Waals surface area contributed by atoms with E-state index in [1.807, 2.05) is 0 Å². The molecule has 0 bridgehead atoms. The van der Waals surface area contributed by atoms with Crippen LogP contribution in [0.2, 0.25) is 0 Å². The molecule has 54 valence electrons. The molecule has 1 amide bonds. The Kier molecular flexibility index (Phi) is 3.94. The maximum Gasteiger partial charge on any atom is 0.316 e. The normalized spacial score (nSPS) is 12.1. The smallest absolute Gasteiger partial charge is 0.316 e. The summed E-state index contributed by atoms with van der Waals surface area (Å²) in [6, 6.07) is 0. The molecule has 4 nitrogen and oxygen atoms in total. The van der Waals surface area contributed by atoms with E-state index < -0.39 is 17.1 Å². The predicted octanol–water partition coefficient (Wildman–Crippen LogP) is -1.04. The topological polar surface area (TPSA) is 66.4 Å². The van der Waals surface area contributed by atoms with E-state index in [4.69, 9.17) is 13.1 Å². The molecule has 0 aliphatic heterocycles. The van der Waals surface area contributed by atoms with Crippen molar-refractivity contribution in [1.29, 1.82) is 0 Å². The minimum Gasteiger partial charge on any atom is -0.480 e. The highest BCUT2D eigenvalue weighted by Gasteiger charge is 2.14. The number of hydrogen-bond donors (Lipinski definition) is 3. The number of nitrogens with one attached hydrogen (secondary N) is 1. The zero-order chi connectivity index (χ0) is 8.15. The number of amides is 1. The quantitative estimate of drug-likeness (QED) is 0.364. The first-order valence-corrected chi connectivity index (χ1v) is 3.00. The highest BCUT2D eigenvalue weighted by molar-refractivity contribution is 7.81. The lowest BCUT2D eigenvalue weighted by Gasteiger charge is -2.02. The molecule has 2 N–H and O–H groups in total. The third kappa shape index (κ3) is 3.39. The van der Waals surface area contributed by atoms with Crippen molar-refractivity contribution < 1.29 is 14.7 Å². The number of hydrogen-bond acceptors (Lipinski definition) is 3. The van der Waals surface area contributed by atoms with Crippen molar-refractivity contribution in [3.8, 4) is 0 Å². The van der Waals surface area contributed by atoms with Crippen molar-refractivity contribution in [2.75, 3.05) is 0 Å². The Labute approximate surface area is 64.8 Å². The summed E-state index contributed by atoms with van der Waals surface area (Å²) in [5.41, 5.74) is 0. The first-order valence-electron chi connectivity index (χ1n) is 2.48. The second kappa shape index (κ2) is 4.22. The highest BCUT2D eigenvalue weighted by atomic mass is 32.1. The van der Waals surface area contributed by atoms with E-state index in [-0.39, 0.29) is 6.42 Å². The van der Waals surface area contributed by atoms with E-state index in [9.17, 15) is 9.59 Å². The minimum atomic E-state index is -1.13. The summed E-state index contributed by atoms with van der Waals surface area (Å²) < 4.78 is 0. The maximum absolute atomic E-state index is 10.4. The van der Waals surface area contributed by atoms with Crippen molar-refractivity contribution >= 4 is 32.5 Å². The molecule has 0 aromatic carbocycles. The number of carbonyl (C=O) groups excluding carboxylic acids is 1. The van der Waals surface area contributed by atoms with Crippen LogP contribution in [0, 0.1) is 0 Å². The number of carbonyl (C=O) groups is 2. The molecular weight excluding hydrogens is 153 g/mol. The van der Waals surface area contributed by atoms with Crippen LogP contribution in [-0.4, -0.2) is 30.2 Å². The summed E-state index contributed by atoms with van der Waals surface area (Å²) in [6.07, 6.45) is -0.213. The van der Waals surface area contributed by atoms with Crippen LogP contribution in [-0.2, 0) is 9.59 Å². The van der Waals surface area contributed by atoms with Crippen molar-refractivity contribution in [3.63, 3.8) is 0 Å². The summed E-state index contributed by atoms with van der Waals surface area (Å²) in [7, 11) is 4.69. The van der Waals surface area contributed by atoms with Gasteiger partial charge in [0.25, 0.3) is 0 Å². The van der Waals surface area contributed by atoms with Crippen molar-refractivity contribution in [1.82, 2.24) is 5.23 Å². The average Bonchev–Trinajstić information content (AvgIpc) is 1.87. The molecule has 0 aromatic heterocycles. The molecule has 0 saturated heterocycles. The zero-order valence-corrected chi connectivity index (χ0v) is 5.97. The van der Waals surface area contributed by atoms with Gasteiger partial charge < -0.3 is 10.3 Å². The second-order valence-corrected chi connectivity index (χ2v) is 2.25.